The Kier molecular flexibility index (Phi) is 4.00. The maximum absolute atomic E-state index is 5.00. The quantitative estimate of drug-likeness (QED) is 0.946. The number of aromatic nitrogens is 2. The molecular weight excluding hydrogens is 284 g/mol. The number of hydrogen-bond acceptors (Lipinski definition) is 4. The number of rotatable bonds is 3. The Bertz CT molecular complexity index is 670. The Morgan fingerprint density at radius 3 is 2.48 bits per heavy atom. The Morgan fingerprint density at radius 2 is 1.83 bits per heavy atom. The minimum Gasteiger partial charge on any atom is -0.366 e. The molecule has 2 heterocycles. The number of nitrogens with zero attached hydrogens (tertiary/aromatic N) is 3. The van der Waals surface area contributed by atoms with Crippen molar-refractivity contribution in [2.24, 2.45) is 0 Å². The van der Waals surface area contributed by atoms with Crippen LogP contribution in [0.1, 0.15) is 36.4 Å². The molecule has 0 unspecified atom stereocenters. The molecule has 0 amide bonds. The van der Waals surface area contributed by atoms with Crippen molar-refractivity contribution in [3.8, 4) is 11.4 Å². The molecule has 0 atom stereocenters. The summed E-state index contributed by atoms with van der Waals surface area (Å²) in [5.41, 5.74) is 4.91. The van der Waals surface area contributed by atoms with Crippen LogP contribution in [0.3, 0.4) is 0 Å². The van der Waals surface area contributed by atoms with E-state index in [4.69, 9.17) is 4.98 Å². The van der Waals surface area contributed by atoms with Gasteiger partial charge in [-0.15, -0.1) is 0 Å². The van der Waals surface area contributed by atoms with Crippen LogP contribution < -0.4 is 10.2 Å². The van der Waals surface area contributed by atoms with Gasteiger partial charge in [-0.1, -0.05) is 36.2 Å². The summed E-state index contributed by atoms with van der Waals surface area (Å²) in [5, 5.41) is 3.42. The van der Waals surface area contributed by atoms with Crippen molar-refractivity contribution in [1.29, 1.82) is 0 Å². The van der Waals surface area contributed by atoms with Gasteiger partial charge in [-0.25, -0.2) is 9.97 Å². The molecule has 0 spiro atoms. The highest BCUT2D eigenvalue weighted by atomic mass is 15.2. The van der Waals surface area contributed by atoms with Crippen LogP contribution >= 0.6 is 0 Å². The van der Waals surface area contributed by atoms with E-state index in [-0.39, 0.29) is 0 Å². The smallest absolute Gasteiger partial charge is 0.159 e. The van der Waals surface area contributed by atoms with Gasteiger partial charge in [0.15, 0.2) is 5.82 Å². The first-order valence-corrected chi connectivity index (χ1v) is 8.71. The number of benzene rings is 1. The summed E-state index contributed by atoms with van der Waals surface area (Å²) < 4.78 is 0. The number of anilines is 1. The van der Waals surface area contributed by atoms with Crippen LogP contribution in [-0.4, -0.2) is 36.1 Å². The van der Waals surface area contributed by atoms with E-state index in [0.717, 1.165) is 37.6 Å². The molecule has 2 aliphatic rings. The number of aryl methyl sites for hydroxylation is 1. The van der Waals surface area contributed by atoms with Crippen LogP contribution in [0, 0.1) is 6.92 Å². The molecule has 23 heavy (non-hydrogen) atoms. The van der Waals surface area contributed by atoms with E-state index >= 15 is 0 Å². The lowest BCUT2D eigenvalue weighted by atomic mass is 9.82. The molecule has 1 saturated heterocycles. The summed E-state index contributed by atoms with van der Waals surface area (Å²) in [6, 6.07) is 8.51. The minimum atomic E-state index is 0.618. The van der Waals surface area contributed by atoms with E-state index in [1.165, 1.54) is 36.2 Å². The lowest BCUT2D eigenvalue weighted by molar-refractivity contribution is 0.410. The average Bonchev–Trinajstić information content (AvgIpc) is 2.55. The van der Waals surface area contributed by atoms with Crippen LogP contribution in [0.5, 0.6) is 0 Å². The second kappa shape index (κ2) is 6.28. The summed E-state index contributed by atoms with van der Waals surface area (Å²) in [6.45, 7) is 6.30. The maximum Gasteiger partial charge on any atom is 0.159 e. The molecule has 2 aromatic rings. The van der Waals surface area contributed by atoms with Crippen LogP contribution in [0.4, 0.5) is 5.69 Å². The van der Waals surface area contributed by atoms with Gasteiger partial charge in [0.25, 0.3) is 0 Å². The van der Waals surface area contributed by atoms with E-state index in [1.807, 2.05) is 0 Å². The lowest BCUT2D eigenvalue weighted by Gasteiger charge is -2.34. The van der Waals surface area contributed by atoms with Gasteiger partial charge in [-0.05, 0) is 19.8 Å². The number of nitrogens with one attached hydrogen (secondary N) is 1. The van der Waals surface area contributed by atoms with Crippen molar-refractivity contribution in [2.45, 2.75) is 32.1 Å². The Balaban J connectivity index is 1.71. The zero-order valence-corrected chi connectivity index (χ0v) is 13.8. The summed E-state index contributed by atoms with van der Waals surface area (Å²) in [7, 11) is 0. The van der Waals surface area contributed by atoms with Gasteiger partial charge >= 0.3 is 0 Å². The van der Waals surface area contributed by atoms with Gasteiger partial charge in [0.1, 0.15) is 0 Å². The molecule has 4 heteroatoms. The van der Waals surface area contributed by atoms with E-state index < -0.39 is 0 Å². The van der Waals surface area contributed by atoms with Crippen molar-refractivity contribution in [2.75, 3.05) is 31.1 Å². The van der Waals surface area contributed by atoms with E-state index in [0.29, 0.717) is 5.92 Å². The molecule has 1 saturated carbocycles. The highest BCUT2D eigenvalue weighted by Crippen LogP contribution is 2.40. The molecule has 4 rings (SSSR count). The topological polar surface area (TPSA) is 41.1 Å². The molecule has 0 radical (unpaired) electrons. The van der Waals surface area contributed by atoms with Gasteiger partial charge in [0.2, 0.25) is 0 Å². The number of hydrogen-bond donors (Lipinski definition) is 1. The summed E-state index contributed by atoms with van der Waals surface area (Å²) >= 11 is 0. The monoisotopic (exact) mass is 308 g/mol. The van der Waals surface area contributed by atoms with Gasteiger partial charge in [-0.2, -0.15) is 0 Å². The van der Waals surface area contributed by atoms with Crippen LogP contribution in [-0.2, 0) is 0 Å². The van der Waals surface area contributed by atoms with Crippen molar-refractivity contribution >= 4 is 5.69 Å². The van der Waals surface area contributed by atoms with Crippen LogP contribution in [0.25, 0.3) is 11.4 Å². The summed E-state index contributed by atoms with van der Waals surface area (Å²) in [6.07, 6.45) is 5.92. The Hall–Kier alpha value is -1.94. The SMILES string of the molecule is Cc1ccc(-c2ncc(N3CCNCC3)c(C3CCC3)n2)cc1. The Morgan fingerprint density at radius 1 is 1.09 bits per heavy atom. The van der Waals surface area contributed by atoms with E-state index in [9.17, 15) is 0 Å². The molecule has 2 fully saturated rings. The summed E-state index contributed by atoms with van der Waals surface area (Å²) in [4.78, 5) is 12.1. The third-order valence-corrected chi connectivity index (χ3v) is 5.06. The van der Waals surface area contributed by atoms with Crippen molar-refractivity contribution in [3.63, 3.8) is 0 Å². The van der Waals surface area contributed by atoms with Crippen molar-refractivity contribution in [1.82, 2.24) is 15.3 Å². The first kappa shape index (κ1) is 14.6. The van der Waals surface area contributed by atoms with Gasteiger partial charge < -0.3 is 10.2 Å². The molecule has 0 bridgehead atoms. The summed E-state index contributed by atoms with van der Waals surface area (Å²) in [5.74, 6) is 1.48. The Labute approximate surface area is 138 Å². The second-order valence-electron chi connectivity index (χ2n) is 6.69. The zero-order valence-electron chi connectivity index (χ0n) is 13.8. The molecule has 120 valence electrons. The maximum atomic E-state index is 5.00. The van der Waals surface area contributed by atoms with E-state index in [1.54, 1.807) is 0 Å². The van der Waals surface area contributed by atoms with E-state index in [2.05, 4.69) is 52.6 Å². The fourth-order valence-corrected chi connectivity index (χ4v) is 3.36. The molecular formula is C19H24N4. The molecule has 1 aliphatic heterocycles. The molecule has 1 N–H and O–H groups in total. The normalized spacial score (nSPS) is 18.7. The zero-order chi connectivity index (χ0) is 15.6. The van der Waals surface area contributed by atoms with Crippen molar-refractivity contribution in [3.05, 3.63) is 41.7 Å². The van der Waals surface area contributed by atoms with Crippen LogP contribution in [0.2, 0.25) is 0 Å². The van der Waals surface area contributed by atoms with Crippen molar-refractivity contribution < 1.29 is 0 Å². The molecule has 1 aromatic carbocycles. The lowest BCUT2D eigenvalue weighted by Crippen LogP contribution is -2.44. The minimum absolute atomic E-state index is 0.618. The first-order chi connectivity index (χ1) is 11.3. The van der Waals surface area contributed by atoms with Gasteiger partial charge in [-0.3, -0.25) is 0 Å². The highest BCUT2D eigenvalue weighted by molar-refractivity contribution is 5.60. The second-order valence-corrected chi connectivity index (χ2v) is 6.69. The molecule has 1 aromatic heterocycles. The third-order valence-electron chi connectivity index (χ3n) is 5.06. The number of piperazine rings is 1. The predicted octanol–water partition coefficient (Wildman–Crippen LogP) is 3.13. The third kappa shape index (κ3) is 2.95. The van der Waals surface area contributed by atoms with Crippen LogP contribution in [0.15, 0.2) is 30.5 Å². The van der Waals surface area contributed by atoms with Gasteiger partial charge in [0, 0.05) is 37.7 Å². The average molecular weight is 308 g/mol. The predicted molar refractivity (Wildman–Crippen MR) is 93.9 cm³/mol. The fourth-order valence-electron chi connectivity index (χ4n) is 3.36. The molecule has 1 aliphatic carbocycles. The fraction of sp³-hybridized carbons (Fsp3) is 0.474. The first-order valence-electron chi connectivity index (χ1n) is 8.71. The highest BCUT2D eigenvalue weighted by Gasteiger charge is 2.27. The standard InChI is InChI=1S/C19H24N4/c1-14-5-7-16(8-6-14)19-21-13-17(23-11-9-20-10-12-23)18(22-19)15-3-2-4-15/h5-8,13,15,20H,2-4,9-12H2,1H3. The van der Waals surface area contributed by atoms with Gasteiger partial charge in [0.05, 0.1) is 17.6 Å². The molecule has 4 nitrogen and oxygen atoms in total. The largest absolute Gasteiger partial charge is 0.366 e.